The molecular formula is C84H164O17P2. The summed E-state index contributed by atoms with van der Waals surface area (Å²) in [5, 5.41) is 10.7. The van der Waals surface area contributed by atoms with Crippen LogP contribution in [0.25, 0.3) is 0 Å². The summed E-state index contributed by atoms with van der Waals surface area (Å²) in [6.07, 6.45) is 66.7. The van der Waals surface area contributed by atoms with E-state index in [0.29, 0.717) is 25.7 Å². The molecule has 0 amide bonds. The number of hydrogen-bond acceptors (Lipinski definition) is 15. The summed E-state index contributed by atoms with van der Waals surface area (Å²) in [5.41, 5.74) is 0. The van der Waals surface area contributed by atoms with E-state index in [-0.39, 0.29) is 25.7 Å². The van der Waals surface area contributed by atoms with Crippen LogP contribution in [0, 0.1) is 11.8 Å². The third kappa shape index (κ3) is 78.0. The van der Waals surface area contributed by atoms with Crippen molar-refractivity contribution >= 4 is 39.5 Å². The average molecular weight is 1510 g/mol. The van der Waals surface area contributed by atoms with Gasteiger partial charge in [0.15, 0.2) is 12.2 Å². The molecule has 0 saturated carbocycles. The van der Waals surface area contributed by atoms with Gasteiger partial charge in [-0.3, -0.25) is 37.3 Å². The summed E-state index contributed by atoms with van der Waals surface area (Å²) >= 11 is 0. The molecule has 3 N–H and O–H groups in total. The number of carbonyl (C=O) groups excluding carboxylic acids is 4. The molecule has 0 saturated heterocycles. The van der Waals surface area contributed by atoms with Crippen LogP contribution >= 0.6 is 15.6 Å². The molecule has 0 rings (SSSR count). The number of aliphatic hydroxyl groups is 1. The Morgan fingerprint density at radius 1 is 0.262 bits per heavy atom. The molecule has 0 heterocycles. The second-order valence-corrected chi connectivity index (χ2v) is 34.1. The smallest absolute Gasteiger partial charge is 0.462 e. The van der Waals surface area contributed by atoms with Gasteiger partial charge in [-0.05, 0) is 37.5 Å². The third-order valence-corrected chi connectivity index (χ3v) is 21.6. The van der Waals surface area contributed by atoms with Crippen molar-refractivity contribution in [3.8, 4) is 0 Å². The van der Waals surface area contributed by atoms with Gasteiger partial charge in [0.2, 0.25) is 0 Å². The number of aliphatic hydroxyl groups excluding tert-OH is 1. The van der Waals surface area contributed by atoms with Crippen molar-refractivity contribution in [1.82, 2.24) is 0 Å². The summed E-state index contributed by atoms with van der Waals surface area (Å²) in [6.45, 7) is 9.69. The largest absolute Gasteiger partial charge is 0.472 e. The van der Waals surface area contributed by atoms with E-state index in [2.05, 4.69) is 41.5 Å². The SMILES string of the molecule is CCCCCCCCCCCCCCCCCCCCCC(=O)O[C@H](COC(=O)CCCCCCCCCCCCCCCCCC(C)C)COP(=O)(O)OC[C@@H](O)COP(=O)(O)OC[C@@H](COC(=O)CCCCCCCCCC)OC(=O)CCCCCCCCCCCCCCCCCC(C)C. The molecule has 5 atom stereocenters. The lowest BCUT2D eigenvalue weighted by Crippen LogP contribution is -2.30. The van der Waals surface area contributed by atoms with Crippen molar-refractivity contribution in [2.45, 2.75) is 464 Å². The number of hydrogen-bond donors (Lipinski definition) is 3. The van der Waals surface area contributed by atoms with Gasteiger partial charge in [0.25, 0.3) is 0 Å². The second-order valence-electron chi connectivity index (χ2n) is 31.2. The average Bonchev–Trinajstić information content (AvgIpc) is 0.911. The minimum absolute atomic E-state index is 0.108. The Kier molecular flexibility index (Phi) is 74.1. The Balaban J connectivity index is 5.19. The first-order chi connectivity index (χ1) is 49.9. The number of esters is 4. The lowest BCUT2D eigenvalue weighted by Gasteiger charge is -2.21. The van der Waals surface area contributed by atoms with E-state index < -0.39 is 97.5 Å². The van der Waals surface area contributed by atoms with Crippen LogP contribution in [0.1, 0.15) is 446 Å². The lowest BCUT2D eigenvalue weighted by molar-refractivity contribution is -0.161. The van der Waals surface area contributed by atoms with Gasteiger partial charge in [-0.1, -0.05) is 395 Å². The maximum absolute atomic E-state index is 13.1. The molecule has 0 spiro atoms. The molecule has 0 aliphatic rings. The van der Waals surface area contributed by atoms with Crippen molar-refractivity contribution in [3.05, 3.63) is 0 Å². The number of phosphoric ester groups is 2. The summed E-state index contributed by atoms with van der Waals surface area (Å²) in [4.78, 5) is 73.1. The molecule has 0 aromatic heterocycles. The molecule has 0 aromatic rings. The molecule has 0 aromatic carbocycles. The van der Waals surface area contributed by atoms with E-state index in [4.69, 9.17) is 37.0 Å². The maximum atomic E-state index is 13.1. The molecule has 0 fully saturated rings. The summed E-state index contributed by atoms with van der Waals surface area (Å²) < 4.78 is 68.8. The fourth-order valence-electron chi connectivity index (χ4n) is 13.1. The Morgan fingerprint density at radius 2 is 0.447 bits per heavy atom. The Bertz CT molecular complexity index is 1980. The molecule has 0 bridgehead atoms. The van der Waals surface area contributed by atoms with E-state index in [1.165, 1.54) is 257 Å². The van der Waals surface area contributed by atoms with Crippen LogP contribution in [-0.4, -0.2) is 96.7 Å². The van der Waals surface area contributed by atoms with Gasteiger partial charge < -0.3 is 33.8 Å². The number of phosphoric acid groups is 2. The first kappa shape index (κ1) is 101. The van der Waals surface area contributed by atoms with E-state index in [1.807, 2.05) is 0 Å². The van der Waals surface area contributed by atoms with Gasteiger partial charge in [-0.25, -0.2) is 9.13 Å². The predicted octanol–water partition coefficient (Wildman–Crippen LogP) is 25.5. The van der Waals surface area contributed by atoms with E-state index >= 15 is 0 Å². The quantitative estimate of drug-likeness (QED) is 0.0222. The van der Waals surface area contributed by atoms with Crippen LogP contribution in [0.5, 0.6) is 0 Å². The number of carbonyl (C=O) groups is 4. The highest BCUT2D eigenvalue weighted by Gasteiger charge is 2.30. The van der Waals surface area contributed by atoms with Crippen molar-refractivity contribution < 1.29 is 80.2 Å². The predicted molar refractivity (Wildman–Crippen MR) is 423 cm³/mol. The molecule has 103 heavy (non-hydrogen) atoms. The number of rotatable bonds is 83. The second kappa shape index (κ2) is 75.5. The van der Waals surface area contributed by atoms with Crippen LogP contribution in [-0.2, 0) is 65.4 Å². The molecule has 0 aliphatic carbocycles. The number of unbranched alkanes of at least 4 members (excludes halogenated alkanes) is 53. The van der Waals surface area contributed by atoms with Crippen LogP contribution < -0.4 is 0 Å². The van der Waals surface area contributed by atoms with Crippen LogP contribution in [0.4, 0.5) is 0 Å². The maximum Gasteiger partial charge on any atom is 0.472 e. The fraction of sp³-hybridized carbons (Fsp3) is 0.952. The van der Waals surface area contributed by atoms with Crippen LogP contribution in [0.15, 0.2) is 0 Å². The minimum atomic E-state index is -4.96. The fourth-order valence-corrected chi connectivity index (χ4v) is 14.6. The molecule has 612 valence electrons. The zero-order valence-corrected chi connectivity index (χ0v) is 69.4. The van der Waals surface area contributed by atoms with E-state index in [9.17, 15) is 43.2 Å². The van der Waals surface area contributed by atoms with Gasteiger partial charge in [0, 0.05) is 25.7 Å². The lowest BCUT2D eigenvalue weighted by atomic mass is 10.0. The first-order valence-corrected chi connectivity index (χ1v) is 46.5. The summed E-state index contributed by atoms with van der Waals surface area (Å²) in [5.74, 6) is -0.497. The zero-order valence-electron chi connectivity index (χ0n) is 67.6. The Hall–Kier alpha value is -1.94. The molecule has 17 nitrogen and oxygen atoms in total. The number of ether oxygens (including phenoxy) is 4. The molecule has 0 aliphatic heterocycles. The topological polar surface area (TPSA) is 237 Å². The first-order valence-electron chi connectivity index (χ1n) is 43.5. The summed E-state index contributed by atoms with van der Waals surface area (Å²) in [6, 6.07) is 0. The highest BCUT2D eigenvalue weighted by Crippen LogP contribution is 2.45. The van der Waals surface area contributed by atoms with E-state index in [0.717, 1.165) is 108 Å². The Morgan fingerprint density at radius 3 is 0.660 bits per heavy atom. The van der Waals surface area contributed by atoms with Crippen LogP contribution in [0.3, 0.4) is 0 Å². The molecular weight excluding hydrogens is 1340 g/mol. The van der Waals surface area contributed by atoms with Gasteiger partial charge in [-0.15, -0.1) is 0 Å². The van der Waals surface area contributed by atoms with Gasteiger partial charge in [0.1, 0.15) is 19.3 Å². The molecule has 2 unspecified atom stereocenters. The van der Waals surface area contributed by atoms with Crippen LogP contribution in [0.2, 0.25) is 0 Å². The molecule has 19 heteroatoms. The monoisotopic (exact) mass is 1510 g/mol. The summed E-state index contributed by atoms with van der Waals surface area (Å²) in [7, 11) is -9.92. The highest BCUT2D eigenvalue weighted by atomic mass is 31.2. The van der Waals surface area contributed by atoms with Gasteiger partial charge in [-0.2, -0.15) is 0 Å². The molecule has 0 radical (unpaired) electrons. The standard InChI is InChI=1S/C84H164O17P2/c1-7-9-11-13-15-17-18-19-20-21-22-23-28-34-39-44-50-56-62-69-84(89)101-80(73-95-82(87)67-61-55-49-43-38-33-29-24-26-31-36-41-46-52-58-64-76(3)4)75-99-103(92,93)97-71-78(85)70-96-102(90,91)98-74-79(72-94-81(86)66-60-54-48-16-14-12-10-8-2)100-83(88)68-63-57-51-45-40-35-30-25-27-32-37-42-47-53-59-65-77(5)6/h76-80,85H,7-75H2,1-6H3,(H,90,91)(H,92,93)/t78-,79+,80+/m0/s1. The van der Waals surface area contributed by atoms with Crippen molar-refractivity contribution in [1.29, 1.82) is 0 Å². The van der Waals surface area contributed by atoms with Crippen molar-refractivity contribution in [3.63, 3.8) is 0 Å². The minimum Gasteiger partial charge on any atom is -0.462 e. The Labute approximate surface area is 632 Å². The van der Waals surface area contributed by atoms with E-state index in [1.54, 1.807) is 0 Å². The van der Waals surface area contributed by atoms with Crippen molar-refractivity contribution in [2.75, 3.05) is 39.6 Å². The van der Waals surface area contributed by atoms with Gasteiger partial charge >= 0.3 is 39.5 Å². The van der Waals surface area contributed by atoms with Crippen molar-refractivity contribution in [2.24, 2.45) is 11.8 Å². The normalized spacial score (nSPS) is 13.9. The zero-order chi connectivity index (χ0) is 75.6. The highest BCUT2D eigenvalue weighted by molar-refractivity contribution is 7.47. The third-order valence-electron chi connectivity index (χ3n) is 19.7. The van der Waals surface area contributed by atoms with Gasteiger partial charge in [0.05, 0.1) is 26.4 Å².